The van der Waals surface area contributed by atoms with Crippen LogP contribution in [-0.4, -0.2) is 25.2 Å². The Morgan fingerprint density at radius 2 is 1.80 bits per heavy atom. The molecule has 2 aromatic carbocycles. The zero-order chi connectivity index (χ0) is 14.7. The minimum atomic E-state index is -1.03. The Bertz CT molecular complexity index is 622. The van der Waals surface area contributed by atoms with Crippen molar-refractivity contribution in [2.75, 3.05) is 30.0 Å². The number of nitrogens with two attached hydrogens (primary N) is 1. The van der Waals surface area contributed by atoms with Crippen LogP contribution in [0.2, 0.25) is 0 Å². The third kappa shape index (κ3) is 2.83. The molecule has 0 aliphatic rings. The fourth-order valence-corrected chi connectivity index (χ4v) is 1.86. The molecule has 2 rings (SSSR count). The Labute approximate surface area is 117 Å². The summed E-state index contributed by atoms with van der Waals surface area (Å²) in [6, 6.07) is 12.7. The number of hydrogen-bond acceptors (Lipinski definition) is 4. The van der Waals surface area contributed by atoms with E-state index in [9.17, 15) is 4.79 Å². The van der Waals surface area contributed by atoms with Gasteiger partial charge in [-0.25, -0.2) is 4.79 Å². The molecular weight excluding hydrogens is 254 g/mol. The zero-order valence-corrected chi connectivity index (χ0v) is 11.4. The topological polar surface area (TPSA) is 78.6 Å². The van der Waals surface area contributed by atoms with Gasteiger partial charge in [0.05, 0.1) is 16.9 Å². The van der Waals surface area contributed by atoms with Crippen LogP contribution < -0.4 is 16.0 Å². The molecule has 104 valence electrons. The highest BCUT2D eigenvalue weighted by molar-refractivity contribution is 5.97. The summed E-state index contributed by atoms with van der Waals surface area (Å²) in [6.07, 6.45) is 0. The van der Waals surface area contributed by atoms with E-state index in [1.54, 1.807) is 12.1 Å². The van der Waals surface area contributed by atoms with E-state index in [0.29, 0.717) is 5.69 Å². The smallest absolute Gasteiger partial charge is 0.337 e. The molecule has 5 heteroatoms. The summed E-state index contributed by atoms with van der Waals surface area (Å²) in [6.45, 7) is 0. The summed E-state index contributed by atoms with van der Waals surface area (Å²) in [5.74, 6) is -1.03. The van der Waals surface area contributed by atoms with Gasteiger partial charge in [0, 0.05) is 25.5 Å². The molecule has 0 radical (unpaired) electrons. The molecule has 0 aliphatic heterocycles. The standard InChI is InChI=1S/C15H17N3O2/c1-18(2)11-8-6-10(7-9-11)17-13-5-3-4-12(14(13)16)15(19)20/h3-9,17H,16H2,1-2H3,(H,19,20). The summed E-state index contributed by atoms with van der Waals surface area (Å²) in [5.41, 5.74) is 8.71. The van der Waals surface area contributed by atoms with Gasteiger partial charge in [0.2, 0.25) is 0 Å². The number of para-hydroxylation sites is 1. The molecule has 0 aliphatic carbocycles. The van der Waals surface area contributed by atoms with Crippen molar-refractivity contribution in [2.45, 2.75) is 0 Å². The summed E-state index contributed by atoms with van der Waals surface area (Å²) in [4.78, 5) is 13.0. The van der Waals surface area contributed by atoms with Crippen LogP contribution in [0.5, 0.6) is 0 Å². The minimum absolute atomic E-state index is 0.0971. The number of benzene rings is 2. The van der Waals surface area contributed by atoms with E-state index in [0.717, 1.165) is 11.4 Å². The highest BCUT2D eigenvalue weighted by Crippen LogP contribution is 2.27. The molecule has 0 saturated heterocycles. The van der Waals surface area contributed by atoms with E-state index in [1.807, 2.05) is 43.3 Å². The van der Waals surface area contributed by atoms with Gasteiger partial charge in [-0.3, -0.25) is 0 Å². The summed E-state index contributed by atoms with van der Waals surface area (Å²) in [5, 5.41) is 12.2. The first-order valence-corrected chi connectivity index (χ1v) is 6.15. The Morgan fingerprint density at radius 1 is 1.15 bits per heavy atom. The van der Waals surface area contributed by atoms with Gasteiger partial charge in [-0.1, -0.05) is 6.07 Å². The van der Waals surface area contributed by atoms with Crippen molar-refractivity contribution in [3.05, 3.63) is 48.0 Å². The first kappa shape index (κ1) is 13.7. The Balaban J connectivity index is 2.26. The molecule has 4 N–H and O–H groups in total. The molecule has 0 aromatic heterocycles. The largest absolute Gasteiger partial charge is 0.478 e. The van der Waals surface area contributed by atoms with Gasteiger partial charge in [0.25, 0.3) is 0 Å². The van der Waals surface area contributed by atoms with Gasteiger partial charge in [0.1, 0.15) is 0 Å². The van der Waals surface area contributed by atoms with Crippen LogP contribution in [0.4, 0.5) is 22.7 Å². The average molecular weight is 271 g/mol. The molecule has 5 nitrogen and oxygen atoms in total. The molecule has 0 amide bonds. The number of aromatic carboxylic acids is 1. The van der Waals surface area contributed by atoms with Crippen LogP contribution >= 0.6 is 0 Å². The quantitative estimate of drug-likeness (QED) is 0.745. The number of carboxylic acid groups (broad SMARTS) is 1. The lowest BCUT2D eigenvalue weighted by atomic mass is 10.1. The second-order valence-electron chi connectivity index (χ2n) is 4.64. The van der Waals surface area contributed by atoms with Gasteiger partial charge in [-0.05, 0) is 36.4 Å². The third-order valence-corrected chi connectivity index (χ3v) is 3.00. The Hall–Kier alpha value is -2.69. The maximum Gasteiger partial charge on any atom is 0.337 e. The SMILES string of the molecule is CN(C)c1ccc(Nc2cccc(C(=O)O)c2N)cc1. The molecule has 2 aromatic rings. The number of anilines is 4. The van der Waals surface area contributed by atoms with Crippen molar-refractivity contribution in [1.29, 1.82) is 0 Å². The van der Waals surface area contributed by atoms with Crippen molar-refractivity contribution in [3.8, 4) is 0 Å². The van der Waals surface area contributed by atoms with Crippen molar-refractivity contribution < 1.29 is 9.90 Å². The second kappa shape index (κ2) is 5.52. The van der Waals surface area contributed by atoms with Crippen LogP contribution in [0.15, 0.2) is 42.5 Å². The van der Waals surface area contributed by atoms with Crippen molar-refractivity contribution in [1.82, 2.24) is 0 Å². The lowest BCUT2D eigenvalue weighted by Crippen LogP contribution is -2.08. The Morgan fingerprint density at radius 3 is 2.35 bits per heavy atom. The number of rotatable bonds is 4. The first-order valence-electron chi connectivity index (χ1n) is 6.15. The number of carbonyl (C=O) groups is 1. The molecule has 0 spiro atoms. The van der Waals surface area contributed by atoms with Crippen LogP contribution in [0.1, 0.15) is 10.4 Å². The maximum absolute atomic E-state index is 11.0. The van der Waals surface area contributed by atoms with E-state index in [-0.39, 0.29) is 11.3 Å². The number of nitrogens with one attached hydrogen (secondary N) is 1. The summed E-state index contributed by atoms with van der Waals surface area (Å²) in [7, 11) is 3.94. The Kier molecular flexibility index (Phi) is 3.79. The molecule has 0 atom stereocenters. The van der Waals surface area contributed by atoms with Gasteiger partial charge in [-0.2, -0.15) is 0 Å². The maximum atomic E-state index is 11.0. The predicted molar refractivity (Wildman–Crippen MR) is 81.9 cm³/mol. The van der Waals surface area contributed by atoms with Crippen LogP contribution in [0.3, 0.4) is 0 Å². The summed E-state index contributed by atoms with van der Waals surface area (Å²) >= 11 is 0. The molecule has 0 unspecified atom stereocenters. The van der Waals surface area contributed by atoms with E-state index in [4.69, 9.17) is 10.8 Å². The van der Waals surface area contributed by atoms with Gasteiger partial charge in [0.15, 0.2) is 0 Å². The first-order chi connectivity index (χ1) is 9.49. The predicted octanol–water partition coefficient (Wildman–Crippen LogP) is 2.78. The minimum Gasteiger partial charge on any atom is -0.478 e. The van der Waals surface area contributed by atoms with E-state index >= 15 is 0 Å². The van der Waals surface area contributed by atoms with Crippen LogP contribution in [0.25, 0.3) is 0 Å². The van der Waals surface area contributed by atoms with Crippen LogP contribution in [0, 0.1) is 0 Å². The van der Waals surface area contributed by atoms with Crippen molar-refractivity contribution in [2.24, 2.45) is 0 Å². The molecule has 0 bridgehead atoms. The fourth-order valence-electron chi connectivity index (χ4n) is 1.86. The number of hydrogen-bond donors (Lipinski definition) is 3. The zero-order valence-electron chi connectivity index (χ0n) is 11.4. The second-order valence-corrected chi connectivity index (χ2v) is 4.64. The highest BCUT2D eigenvalue weighted by Gasteiger charge is 2.10. The highest BCUT2D eigenvalue weighted by atomic mass is 16.4. The fraction of sp³-hybridized carbons (Fsp3) is 0.133. The van der Waals surface area contributed by atoms with Crippen molar-refractivity contribution in [3.63, 3.8) is 0 Å². The number of nitrogens with zero attached hydrogens (tertiary/aromatic N) is 1. The van der Waals surface area contributed by atoms with E-state index in [1.165, 1.54) is 6.07 Å². The molecule has 0 saturated carbocycles. The third-order valence-electron chi connectivity index (χ3n) is 3.00. The normalized spacial score (nSPS) is 10.1. The number of carboxylic acids is 1. The summed E-state index contributed by atoms with van der Waals surface area (Å²) < 4.78 is 0. The average Bonchev–Trinajstić information content (AvgIpc) is 2.41. The molecule has 20 heavy (non-hydrogen) atoms. The van der Waals surface area contributed by atoms with Crippen molar-refractivity contribution >= 4 is 28.7 Å². The van der Waals surface area contributed by atoms with Crippen LogP contribution in [-0.2, 0) is 0 Å². The molecular formula is C15H17N3O2. The lowest BCUT2D eigenvalue weighted by molar-refractivity contribution is 0.0698. The number of nitrogen functional groups attached to an aromatic ring is 1. The van der Waals surface area contributed by atoms with E-state index in [2.05, 4.69) is 5.32 Å². The lowest BCUT2D eigenvalue weighted by Gasteiger charge is -2.14. The van der Waals surface area contributed by atoms with Gasteiger partial charge in [-0.15, -0.1) is 0 Å². The van der Waals surface area contributed by atoms with Gasteiger partial charge < -0.3 is 21.1 Å². The monoisotopic (exact) mass is 271 g/mol. The molecule has 0 heterocycles. The molecule has 0 fully saturated rings. The van der Waals surface area contributed by atoms with E-state index < -0.39 is 5.97 Å². The van der Waals surface area contributed by atoms with Gasteiger partial charge >= 0.3 is 5.97 Å².